The minimum atomic E-state index is -0.219. The highest BCUT2D eigenvalue weighted by Gasteiger charge is 2.23. The highest BCUT2D eigenvalue weighted by atomic mass is 35.5. The lowest BCUT2D eigenvalue weighted by molar-refractivity contribution is -0.121. The molecule has 0 bridgehead atoms. The number of halogens is 1. The molecule has 0 radical (unpaired) electrons. The average molecular weight is 439 g/mol. The molecule has 0 fully saturated rings. The number of aromatic amines is 1. The van der Waals surface area contributed by atoms with Crippen LogP contribution in [0.2, 0.25) is 5.02 Å². The molecular formula is C24H23ClN2O4. The van der Waals surface area contributed by atoms with Crippen LogP contribution in [0.4, 0.5) is 0 Å². The number of hydrogen-bond donors (Lipinski definition) is 2. The quantitative estimate of drug-likeness (QED) is 0.393. The molecule has 4 aromatic rings. The van der Waals surface area contributed by atoms with Crippen LogP contribution in [0, 0.1) is 0 Å². The third-order valence-electron chi connectivity index (χ3n) is 5.29. The van der Waals surface area contributed by atoms with Crippen LogP contribution in [-0.2, 0) is 11.3 Å². The van der Waals surface area contributed by atoms with E-state index in [2.05, 4.69) is 10.3 Å². The Morgan fingerprint density at radius 2 is 1.97 bits per heavy atom. The molecule has 0 spiro atoms. The third kappa shape index (κ3) is 4.54. The van der Waals surface area contributed by atoms with E-state index >= 15 is 0 Å². The summed E-state index contributed by atoms with van der Waals surface area (Å²) in [5.74, 6) is 1.64. The van der Waals surface area contributed by atoms with Gasteiger partial charge in [0.25, 0.3) is 0 Å². The number of carbonyl (C=O) groups excluding carboxylic acids is 1. The van der Waals surface area contributed by atoms with Crippen molar-refractivity contribution in [3.05, 3.63) is 82.9 Å². The van der Waals surface area contributed by atoms with Gasteiger partial charge in [-0.1, -0.05) is 17.7 Å². The van der Waals surface area contributed by atoms with E-state index in [0.717, 1.165) is 22.0 Å². The number of rotatable bonds is 8. The molecule has 0 aliphatic heterocycles. The first-order chi connectivity index (χ1) is 15.1. The van der Waals surface area contributed by atoms with Crippen molar-refractivity contribution in [2.45, 2.75) is 18.9 Å². The smallest absolute Gasteiger partial charge is 0.221 e. The molecule has 1 atom stereocenters. The molecule has 0 saturated carbocycles. The molecule has 1 amide bonds. The highest BCUT2D eigenvalue weighted by molar-refractivity contribution is 6.31. The zero-order valence-corrected chi connectivity index (χ0v) is 18.0. The van der Waals surface area contributed by atoms with Crippen LogP contribution in [0.25, 0.3) is 10.9 Å². The number of furan rings is 1. The van der Waals surface area contributed by atoms with Crippen LogP contribution in [0.5, 0.6) is 11.5 Å². The topological polar surface area (TPSA) is 76.5 Å². The van der Waals surface area contributed by atoms with Crippen LogP contribution < -0.4 is 14.8 Å². The van der Waals surface area contributed by atoms with E-state index in [1.54, 1.807) is 26.5 Å². The van der Waals surface area contributed by atoms with E-state index in [-0.39, 0.29) is 18.2 Å². The van der Waals surface area contributed by atoms with Gasteiger partial charge in [-0.25, -0.2) is 0 Å². The lowest BCUT2D eigenvalue weighted by Crippen LogP contribution is -2.24. The number of nitrogens with one attached hydrogen (secondary N) is 2. The van der Waals surface area contributed by atoms with Crippen LogP contribution in [-0.4, -0.2) is 25.1 Å². The second-order valence-corrected chi connectivity index (χ2v) is 7.60. The van der Waals surface area contributed by atoms with Crippen LogP contribution in [0.15, 0.2) is 65.4 Å². The second kappa shape index (κ2) is 9.18. The predicted octanol–water partition coefficient (Wildman–Crippen LogP) is 5.27. The molecule has 2 heterocycles. The van der Waals surface area contributed by atoms with Crippen LogP contribution in [0.3, 0.4) is 0 Å². The van der Waals surface area contributed by atoms with Gasteiger partial charge >= 0.3 is 0 Å². The predicted molar refractivity (Wildman–Crippen MR) is 120 cm³/mol. The number of methoxy groups -OCH3 is 2. The van der Waals surface area contributed by atoms with Gasteiger partial charge in [-0.2, -0.15) is 0 Å². The van der Waals surface area contributed by atoms with E-state index in [0.29, 0.717) is 28.8 Å². The van der Waals surface area contributed by atoms with E-state index in [1.807, 2.05) is 48.7 Å². The monoisotopic (exact) mass is 438 g/mol. The van der Waals surface area contributed by atoms with Crippen molar-refractivity contribution in [2.75, 3.05) is 14.2 Å². The van der Waals surface area contributed by atoms with Crippen molar-refractivity contribution in [2.24, 2.45) is 0 Å². The van der Waals surface area contributed by atoms with Crippen molar-refractivity contribution in [3.8, 4) is 11.5 Å². The van der Waals surface area contributed by atoms with Gasteiger partial charge in [-0.15, -0.1) is 0 Å². The molecule has 0 unspecified atom stereocenters. The molecule has 2 aromatic heterocycles. The first kappa shape index (κ1) is 20.9. The molecule has 160 valence electrons. The lowest BCUT2D eigenvalue weighted by atomic mass is 9.87. The fraction of sp³-hybridized carbons (Fsp3) is 0.208. The second-order valence-electron chi connectivity index (χ2n) is 7.16. The Balaban J connectivity index is 1.69. The first-order valence-corrected chi connectivity index (χ1v) is 10.2. The minimum Gasteiger partial charge on any atom is -0.493 e. The first-order valence-electron chi connectivity index (χ1n) is 9.86. The van der Waals surface area contributed by atoms with Crippen molar-refractivity contribution in [1.29, 1.82) is 0 Å². The SMILES string of the molecule is COc1ccc([C@@H](CC(=O)NCc2ccco2)c2c[nH]c3ccc(Cl)cc23)cc1OC. The molecule has 0 aliphatic rings. The molecule has 31 heavy (non-hydrogen) atoms. The summed E-state index contributed by atoms with van der Waals surface area (Å²) in [5.41, 5.74) is 2.88. The molecule has 4 rings (SSSR count). The van der Waals surface area contributed by atoms with E-state index < -0.39 is 0 Å². The van der Waals surface area contributed by atoms with Gasteiger partial charge in [-0.05, 0) is 53.6 Å². The molecule has 0 aliphatic carbocycles. The summed E-state index contributed by atoms with van der Waals surface area (Å²) in [5, 5.41) is 4.55. The Bertz CT molecular complexity index is 1180. The Hall–Kier alpha value is -3.38. The Morgan fingerprint density at radius 1 is 1.13 bits per heavy atom. The summed E-state index contributed by atoms with van der Waals surface area (Å²) in [4.78, 5) is 16.1. The fourth-order valence-corrected chi connectivity index (χ4v) is 3.91. The maximum Gasteiger partial charge on any atom is 0.221 e. The van der Waals surface area contributed by atoms with Gasteiger partial charge in [0.1, 0.15) is 5.76 Å². The van der Waals surface area contributed by atoms with Crippen molar-refractivity contribution >= 4 is 28.4 Å². The third-order valence-corrected chi connectivity index (χ3v) is 5.53. The van der Waals surface area contributed by atoms with Crippen LogP contribution >= 0.6 is 11.6 Å². The van der Waals surface area contributed by atoms with Crippen molar-refractivity contribution in [1.82, 2.24) is 10.3 Å². The van der Waals surface area contributed by atoms with E-state index in [9.17, 15) is 4.79 Å². The van der Waals surface area contributed by atoms with Gasteiger partial charge in [0.05, 0.1) is 27.0 Å². The Kier molecular flexibility index (Phi) is 6.18. The number of amides is 1. The molecule has 2 aromatic carbocycles. The summed E-state index contributed by atoms with van der Waals surface area (Å²) in [7, 11) is 3.19. The Labute approximate surface area is 185 Å². The number of H-pyrrole nitrogens is 1. The number of ether oxygens (including phenoxy) is 2. The molecule has 6 nitrogen and oxygen atoms in total. The molecule has 7 heteroatoms. The van der Waals surface area contributed by atoms with Gasteiger partial charge in [-0.3, -0.25) is 4.79 Å². The fourth-order valence-electron chi connectivity index (χ4n) is 3.74. The summed E-state index contributed by atoms with van der Waals surface area (Å²) in [6.45, 7) is 0.337. The van der Waals surface area contributed by atoms with E-state index in [1.165, 1.54) is 0 Å². The zero-order chi connectivity index (χ0) is 21.8. The number of aromatic nitrogens is 1. The average Bonchev–Trinajstić information content (AvgIpc) is 3.45. The van der Waals surface area contributed by atoms with Gasteiger partial charge in [0, 0.05) is 34.5 Å². The largest absolute Gasteiger partial charge is 0.493 e. The highest BCUT2D eigenvalue weighted by Crippen LogP contribution is 2.38. The van der Waals surface area contributed by atoms with Gasteiger partial charge in [0.2, 0.25) is 5.91 Å². The minimum absolute atomic E-state index is 0.0902. The summed E-state index contributed by atoms with van der Waals surface area (Å²) >= 11 is 6.26. The number of fused-ring (bicyclic) bond motifs is 1. The van der Waals surface area contributed by atoms with Crippen LogP contribution in [0.1, 0.15) is 29.2 Å². The maximum absolute atomic E-state index is 12.9. The maximum atomic E-state index is 12.9. The lowest BCUT2D eigenvalue weighted by Gasteiger charge is -2.19. The Morgan fingerprint density at radius 3 is 2.71 bits per heavy atom. The zero-order valence-electron chi connectivity index (χ0n) is 17.3. The molecule has 0 saturated heterocycles. The number of carbonyl (C=O) groups is 1. The summed E-state index contributed by atoms with van der Waals surface area (Å²) in [6, 6.07) is 15.0. The standard InChI is InChI=1S/C24H23ClN2O4/c1-29-22-8-5-15(10-23(22)30-2)18(12-24(28)27-13-17-4-3-9-31-17)20-14-26-21-7-6-16(25)11-19(20)21/h3-11,14,18,26H,12-13H2,1-2H3,(H,27,28)/t18-/m1/s1. The van der Waals surface area contributed by atoms with E-state index in [4.69, 9.17) is 25.5 Å². The summed E-state index contributed by atoms with van der Waals surface area (Å²) in [6.07, 6.45) is 3.77. The van der Waals surface area contributed by atoms with Crippen molar-refractivity contribution < 1.29 is 18.7 Å². The normalized spacial score (nSPS) is 12.0. The van der Waals surface area contributed by atoms with Gasteiger partial charge < -0.3 is 24.2 Å². The summed E-state index contributed by atoms with van der Waals surface area (Å²) < 4.78 is 16.2. The molecular weight excluding hydrogens is 416 g/mol. The van der Waals surface area contributed by atoms with Gasteiger partial charge in [0.15, 0.2) is 11.5 Å². The number of hydrogen-bond acceptors (Lipinski definition) is 4. The molecule has 2 N–H and O–H groups in total. The number of benzene rings is 2. The van der Waals surface area contributed by atoms with Crippen molar-refractivity contribution in [3.63, 3.8) is 0 Å².